The Balaban J connectivity index is 1.33. The van der Waals surface area contributed by atoms with Crippen LogP contribution in [-0.2, 0) is 14.3 Å². The van der Waals surface area contributed by atoms with Crippen molar-refractivity contribution in [3.63, 3.8) is 0 Å². The molecule has 0 bridgehead atoms. The topological polar surface area (TPSA) is 83.9 Å². The molecule has 4 fully saturated rings. The Morgan fingerprint density at radius 2 is 1.58 bits per heavy atom. The van der Waals surface area contributed by atoms with Gasteiger partial charge in [-0.05, 0) is 139 Å². The third-order valence-electron chi connectivity index (χ3n) is 15.8. The maximum Gasteiger partial charge on any atom is 0.337 e. The number of hydrogen-bond donors (Lipinski definition) is 1. The minimum Gasteiger partial charge on any atom is -0.481 e. The van der Waals surface area contributed by atoms with Gasteiger partial charge in [-0.1, -0.05) is 65.0 Å². The van der Waals surface area contributed by atoms with Crippen LogP contribution in [0.2, 0.25) is 0 Å². The van der Waals surface area contributed by atoms with Crippen molar-refractivity contribution in [2.45, 2.75) is 118 Å². The van der Waals surface area contributed by atoms with Crippen molar-refractivity contribution in [1.29, 1.82) is 0 Å². The summed E-state index contributed by atoms with van der Waals surface area (Å²) in [6, 6.07) is 7.99. The number of carboxylic acid groups (broad SMARTS) is 1. The van der Waals surface area contributed by atoms with Gasteiger partial charge in [0.2, 0.25) is 5.91 Å². The summed E-state index contributed by atoms with van der Waals surface area (Å²) in [5.74, 6) is 1.18. The molecule has 4 saturated carbocycles. The number of esters is 1. The second kappa shape index (κ2) is 11.9. The van der Waals surface area contributed by atoms with E-state index in [-0.39, 0.29) is 51.9 Å². The van der Waals surface area contributed by atoms with Crippen LogP contribution in [0.3, 0.4) is 0 Å². The standard InChI is InChI=1S/C42H59NO5/c1-26(2)29-18-23-42(43(8)34(44)16-17-35(45)46)25-24-40(6)31(36(29)42)14-15-33-39(5)21-19-30(27-10-12-28(13-11-27)37(47)48-9)38(3,4)32(39)20-22-41(33,40)7/h10-13,19,29,31-33,36H,1,14-18,20-25H2,2-9H3,(H,45,46)/t29-,31+,32-,33+,36+,39-,40+,41+,42-/m0/s1. The van der Waals surface area contributed by atoms with E-state index in [1.165, 1.54) is 49.5 Å². The fourth-order valence-electron chi connectivity index (χ4n) is 13.3. The molecule has 0 aliphatic heterocycles. The lowest BCUT2D eigenvalue weighted by molar-refractivity contribution is -0.226. The number of ether oxygens (including phenoxy) is 1. The lowest BCUT2D eigenvalue weighted by atomic mass is 9.33. The number of nitrogens with zero attached hydrogens (tertiary/aromatic N) is 1. The van der Waals surface area contributed by atoms with E-state index in [9.17, 15) is 19.5 Å². The van der Waals surface area contributed by atoms with Gasteiger partial charge in [0.25, 0.3) is 0 Å². The summed E-state index contributed by atoms with van der Waals surface area (Å²) < 4.78 is 4.94. The largest absolute Gasteiger partial charge is 0.481 e. The summed E-state index contributed by atoms with van der Waals surface area (Å²) >= 11 is 0. The lowest BCUT2D eigenvalue weighted by Gasteiger charge is -2.72. The molecule has 0 saturated heterocycles. The van der Waals surface area contributed by atoms with Gasteiger partial charge >= 0.3 is 11.9 Å². The first kappa shape index (κ1) is 35.0. The van der Waals surface area contributed by atoms with E-state index in [0.717, 1.165) is 32.1 Å². The quantitative estimate of drug-likeness (QED) is 0.234. The predicted molar refractivity (Wildman–Crippen MR) is 190 cm³/mol. The van der Waals surface area contributed by atoms with E-state index >= 15 is 0 Å². The molecule has 6 rings (SSSR count). The first-order valence-electron chi connectivity index (χ1n) is 18.5. The molecule has 1 aromatic rings. The summed E-state index contributed by atoms with van der Waals surface area (Å²) in [7, 11) is 3.40. The highest BCUT2D eigenvalue weighted by Crippen LogP contribution is 2.77. The fourth-order valence-corrected chi connectivity index (χ4v) is 13.3. The zero-order chi connectivity index (χ0) is 35.0. The summed E-state index contributed by atoms with van der Waals surface area (Å²) in [6.07, 6.45) is 12.5. The maximum atomic E-state index is 13.6. The van der Waals surface area contributed by atoms with E-state index in [2.05, 4.69) is 66.3 Å². The number of aliphatic carboxylic acids is 1. The highest BCUT2D eigenvalue weighted by molar-refractivity contribution is 5.90. The zero-order valence-corrected chi connectivity index (χ0v) is 30.8. The molecule has 48 heavy (non-hydrogen) atoms. The first-order chi connectivity index (χ1) is 22.5. The third kappa shape index (κ3) is 4.88. The van der Waals surface area contributed by atoms with Crippen molar-refractivity contribution < 1.29 is 24.2 Å². The van der Waals surface area contributed by atoms with E-state index in [4.69, 9.17) is 4.74 Å². The molecule has 0 aromatic heterocycles. The maximum absolute atomic E-state index is 13.6. The molecule has 6 nitrogen and oxygen atoms in total. The van der Waals surface area contributed by atoms with Crippen molar-refractivity contribution in [2.24, 2.45) is 51.2 Å². The van der Waals surface area contributed by atoms with Gasteiger partial charge in [-0.15, -0.1) is 0 Å². The molecule has 5 aliphatic rings. The Labute approximate surface area is 288 Å². The molecule has 0 heterocycles. The summed E-state index contributed by atoms with van der Waals surface area (Å²) in [5.41, 5.74) is 4.73. The number of rotatable bonds is 7. The van der Waals surface area contributed by atoms with Gasteiger partial charge in [0, 0.05) is 19.0 Å². The molecule has 9 atom stereocenters. The van der Waals surface area contributed by atoms with Gasteiger partial charge in [0.05, 0.1) is 19.1 Å². The van der Waals surface area contributed by atoms with Crippen molar-refractivity contribution in [3.8, 4) is 0 Å². The average Bonchev–Trinajstić information content (AvgIpc) is 3.44. The van der Waals surface area contributed by atoms with Crippen LogP contribution in [0.1, 0.15) is 128 Å². The fraction of sp³-hybridized carbons (Fsp3) is 0.690. The number of allylic oxidation sites excluding steroid dienone is 3. The summed E-state index contributed by atoms with van der Waals surface area (Å²) in [5, 5.41) is 9.33. The SMILES string of the molecule is C=C(C)[C@@H]1CC[C@]2(N(C)C(=O)CCC(=O)O)CC[C@]3(C)[C@H](CC[C@@H]4[C@@]5(C)CC=C(c6ccc(C(=O)OC)cc6)C(C)(C)[C@@H]5CC[C@]43C)[C@@H]12. The zero-order valence-electron chi connectivity index (χ0n) is 30.8. The Morgan fingerprint density at radius 3 is 2.21 bits per heavy atom. The number of carbonyl (C=O) groups excluding carboxylic acids is 2. The number of fused-ring (bicyclic) bond motifs is 7. The summed E-state index contributed by atoms with van der Waals surface area (Å²) in [6.45, 7) is 19.5. The van der Waals surface area contributed by atoms with Gasteiger partial charge in [0.1, 0.15) is 0 Å². The van der Waals surface area contributed by atoms with E-state index in [1.807, 2.05) is 24.1 Å². The van der Waals surface area contributed by atoms with Crippen molar-refractivity contribution in [3.05, 3.63) is 53.6 Å². The molecule has 0 unspecified atom stereocenters. The van der Waals surface area contributed by atoms with Gasteiger partial charge in [-0.25, -0.2) is 4.79 Å². The minimum atomic E-state index is -0.909. The summed E-state index contributed by atoms with van der Waals surface area (Å²) in [4.78, 5) is 39.1. The molecule has 0 spiro atoms. The van der Waals surface area contributed by atoms with Crippen LogP contribution in [0.25, 0.3) is 5.57 Å². The van der Waals surface area contributed by atoms with Crippen LogP contribution < -0.4 is 0 Å². The van der Waals surface area contributed by atoms with Gasteiger partial charge < -0.3 is 14.7 Å². The molecular weight excluding hydrogens is 598 g/mol. The van der Waals surface area contributed by atoms with Gasteiger partial charge in [-0.2, -0.15) is 0 Å². The minimum absolute atomic E-state index is 0.00386. The Bertz CT molecular complexity index is 1520. The van der Waals surface area contributed by atoms with Crippen molar-refractivity contribution in [1.82, 2.24) is 4.90 Å². The first-order valence-corrected chi connectivity index (χ1v) is 18.5. The van der Waals surface area contributed by atoms with Crippen molar-refractivity contribution in [2.75, 3.05) is 14.2 Å². The van der Waals surface area contributed by atoms with E-state index in [0.29, 0.717) is 35.2 Å². The van der Waals surface area contributed by atoms with Crippen LogP contribution in [0.15, 0.2) is 42.5 Å². The number of carbonyl (C=O) groups is 3. The van der Waals surface area contributed by atoms with Gasteiger partial charge in [-0.3, -0.25) is 9.59 Å². The third-order valence-corrected chi connectivity index (χ3v) is 15.8. The average molecular weight is 658 g/mol. The number of benzene rings is 1. The van der Waals surface area contributed by atoms with E-state index < -0.39 is 5.97 Å². The van der Waals surface area contributed by atoms with Crippen LogP contribution >= 0.6 is 0 Å². The molecule has 1 aromatic carbocycles. The predicted octanol–water partition coefficient (Wildman–Crippen LogP) is 9.20. The normalized spacial score (nSPS) is 39.5. The molecule has 0 radical (unpaired) electrons. The Morgan fingerprint density at radius 1 is 0.896 bits per heavy atom. The van der Waals surface area contributed by atoms with Crippen molar-refractivity contribution >= 4 is 23.4 Å². The van der Waals surface area contributed by atoms with Crippen LogP contribution in [0.4, 0.5) is 0 Å². The number of amides is 1. The molecule has 262 valence electrons. The molecule has 5 aliphatic carbocycles. The van der Waals surface area contributed by atoms with Crippen LogP contribution in [0, 0.1) is 51.2 Å². The second-order valence-electron chi connectivity index (χ2n) is 17.7. The number of methoxy groups -OCH3 is 1. The van der Waals surface area contributed by atoms with Gasteiger partial charge in [0.15, 0.2) is 0 Å². The second-order valence-corrected chi connectivity index (χ2v) is 17.7. The molecule has 6 heteroatoms. The van der Waals surface area contributed by atoms with E-state index in [1.54, 1.807) is 0 Å². The Hall–Kier alpha value is -2.89. The molecule has 1 amide bonds. The highest BCUT2D eigenvalue weighted by Gasteiger charge is 2.71. The molecular formula is C42H59NO5. The van der Waals surface area contributed by atoms with Crippen LogP contribution in [-0.4, -0.2) is 47.5 Å². The Kier molecular flexibility index (Phi) is 8.64. The lowest BCUT2D eigenvalue weighted by Crippen LogP contribution is -2.68. The molecule has 1 N–H and O–H groups in total. The monoisotopic (exact) mass is 657 g/mol. The smallest absolute Gasteiger partial charge is 0.337 e. The number of carboxylic acids is 1. The highest BCUT2D eigenvalue weighted by atomic mass is 16.5. The number of hydrogen-bond acceptors (Lipinski definition) is 4. The van der Waals surface area contributed by atoms with Crippen LogP contribution in [0.5, 0.6) is 0 Å².